The van der Waals surface area contributed by atoms with Crippen molar-refractivity contribution < 1.29 is 4.79 Å². The first-order valence-corrected chi connectivity index (χ1v) is 8.17. The molecule has 2 unspecified atom stereocenters. The van der Waals surface area contributed by atoms with Crippen LogP contribution in [0.25, 0.3) is 0 Å². The highest BCUT2D eigenvalue weighted by atomic mass is 35.5. The van der Waals surface area contributed by atoms with Gasteiger partial charge in [0.1, 0.15) is 0 Å². The maximum absolute atomic E-state index is 11.5. The van der Waals surface area contributed by atoms with Gasteiger partial charge in [-0.2, -0.15) is 0 Å². The van der Waals surface area contributed by atoms with Crippen LogP contribution in [0.4, 0.5) is 5.69 Å². The van der Waals surface area contributed by atoms with Crippen LogP contribution in [0, 0.1) is 11.8 Å². The summed E-state index contributed by atoms with van der Waals surface area (Å²) in [5, 5.41) is 7.21. The minimum Gasteiger partial charge on any atom is -0.325 e. The molecule has 0 bridgehead atoms. The Kier molecular flexibility index (Phi) is 5.28. The molecule has 0 saturated carbocycles. The predicted molar refractivity (Wildman–Crippen MR) is 88.8 cm³/mol. The van der Waals surface area contributed by atoms with E-state index >= 15 is 0 Å². The normalized spacial score (nSPS) is 16.8. The van der Waals surface area contributed by atoms with Crippen molar-refractivity contribution in [1.29, 1.82) is 0 Å². The van der Waals surface area contributed by atoms with Crippen molar-refractivity contribution >= 4 is 23.2 Å². The third kappa shape index (κ3) is 3.58. The van der Waals surface area contributed by atoms with Crippen LogP contribution in [0.1, 0.15) is 51.3 Å². The Bertz CT molecular complexity index is 528. The number of fused-ring (bicyclic) bond motifs is 1. The molecule has 21 heavy (non-hydrogen) atoms. The first-order valence-electron chi connectivity index (χ1n) is 7.79. The number of anilines is 1. The highest BCUT2D eigenvalue weighted by Gasteiger charge is 2.27. The van der Waals surface area contributed by atoms with Crippen molar-refractivity contribution in [3.8, 4) is 0 Å². The summed E-state index contributed by atoms with van der Waals surface area (Å²) in [6.45, 7) is 9.85. The second-order valence-corrected chi connectivity index (χ2v) is 6.70. The average molecular weight is 309 g/mol. The zero-order chi connectivity index (χ0) is 15.6. The summed E-state index contributed by atoms with van der Waals surface area (Å²) in [5.41, 5.74) is 3.03. The number of carbonyl (C=O) groups excluding carboxylic acids is 1. The Morgan fingerprint density at radius 2 is 2.05 bits per heavy atom. The van der Waals surface area contributed by atoms with E-state index in [4.69, 9.17) is 11.6 Å². The number of hydrogen-bond acceptors (Lipinski definition) is 2. The summed E-state index contributed by atoms with van der Waals surface area (Å²) in [6.07, 6.45) is 1.54. The van der Waals surface area contributed by atoms with Gasteiger partial charge >= 0.3 is 0 Å². The summed E-state index contributed by atoms with van der Waals surface area (Å²) in [5.74, 6) is 1.08. The molecule has 1 heterocycles. The van der Waals surface area contributed by atoms with Crippen molar-refractivity contribution in [1.82, 2.24) is 5.32 Å². The molecular weight excluding hydrogens is 284 g/mol. The van der Waals surface area contributed by atoms with Gasteiger partial charge in [-0.05, 0) is 42.0 Å². The Balaban J connectivity index is 2.35. The molecule has 1 aliphatic rings. The molecule has 1 amide bonds. The van der Waals surface area contributed by atoms with E-state index in [1.165, 1.54) is 0 Å². The molecule has 3 nitrogen and oxygen atoms in total. The zero-order valence-corrected chi connectivity index (χ0v) is 14.1. The van der Waals surface area contributed by atoms with Crippen LogP contribution in [0.15, 0.2) is 12.1 Å². The van der Waals surface area contributed by atoms with E-state index in [0.29, 0.717) is 18.3 Å². The maximum atomic E-state index is 11.5. The SMILES string of the molecule is CCCNC(c1cc2c(cc1Cl)NC(=O)C2)C(C)C(C)C. The molecule has 2 rings (SSSR count). The lowest BCUT2D eigenvalue weighted by atomic mass is 9.85. The van der Waals surface area contributed by atoms with E-state index in [-0.39, 0.29) is 11.9 Å². The lowest BCUT2D eigenvalue weighted by molar-refractivity contribution is -0.115. The molecule has 2 N–H and O–H groups in total. The molecule has 0 aliphatic carbocycles. The third-order valence-corrected chi connectivity index (χ3v) is 4.70. The van der Waals surface area contributed by atoms with E-state index < -0.39 is 0 Å². The number of carbonyl (C=O) groups is 1. The topological polar surface area (TPSA) is 41.1 Å². The number of rotatable bonds is 6. The first kappa shape index (κ1) is 16.3. The number of nitrogens with one attached hydrogen (secondary N) is 2. The van der Waals surface area contributed by atoms with Crippen molar-refractivity contribution in [3.05, 3.63) is 28.3 Å². The number of hydrogen-bond donors (Lipinski definition) is 2. The molecule has 0 fully saturated rings. The summed E-state index contributed by atoms with van der Waals surface area (Å²) >= 11 is 6.49. The summed E-state index contributed by atoms with van der Waals surface area (Å²) in [4.78, 5) is 11.5. The van der Waals surface area contributed by atoms with Gasteiger partial charge in [-0.1, -0.05) is 45.4 Å². The number of benzene rings is 1. The lowest BCUT2D eigenvalue weighted by Gasteiger charge is -2.29. The molecule has 116 valence electrons. The fourth-order valence-electron chi connectivity index (χ4n) is 2.77. The molecule has 0 spiro atoms. The molecule has 2 atom stereocenters. The second-order valence-electron chi connectivity index (χ2n) is 6.29. The molecule has 4 heteroatoms. The molecule has 0 aromatic heterocycles. The van der Waals surface area contributed by atoms with E-state index in [1.807, 2.05) is 6.07 Å². The van der Waals surface area contributed by atoms with Gasteiger partial charge in [0.25, 0.3) is 0 Å². The van der Waals surface area contributed by atoms with Crippen LogP contribution in [0.3, 0.4) is 0 Å². The summed E-state index contributed by atoms with van der Waals surface area (Å²) in [7, 11) is 0. The molecule has 0 radical (unpaired) electrons. The van der Waals surface area contributed by atoms with Gasteiger partial charge in [-0.15, -0.1) is 0 Å². The van der Waals surface area contributed by atoms with Crippen LogP contribution in [-0.2, 0) is 11.2 Å². The smallest absolute Gasteiger partial charge is 0.228 e. The summed E-state index contributed by atoms with van der Waals surface area (Å²) < 4.78 is 0. The average Bonchev–Trinajstić information content (AvgIpc) is 2.77. The Hall–Kier alpha value is -1.06. The van der Waals surface area contributed by atoms with Gasteiger partial charge in [0, 0.05) is 16.8 Å². The van der Waals surface area contributed by atoms with Crippen LogP contribution in [0.2, 0.25) is 5.02 Å². The van der Waals surface area contributed by atoms with Crippen molar-refractivity contribution in [2.75, 3.05) is 11.9 Å². The summed E-state index contributed by atoms with van der Waals surface area (Å²) in [6, 6.07) is 4.21. The van der Waals surface area contributed by atoms with Gasteiger partial charge in [-0.25, -0.2) is 0 Å². The fourth-order valence-corrected chi connectivity index (χ4v) is 3.05. The minimum atomic E-state index is 0.0493. The molecule has 0 saturated heterocycles. The molecule has 1 aliphatic heterocycles. The van der Waals surface area contributed by atoms with Crippen LogP contribution in [-0.4, -0.2) is 12.5 Å². The minimum absolute atomic E-state index is 0.0493. The van der Waals surface area contributed by atoms with E-state index in [1.54, 1.807) is 0 Å². The number of amides is 1. The number of halogens is 1. The van der Waals surface area contributed by atoms with Crippen LogP contribution in [0.5, 0.6) is 0 Å². The Morgan fingerprint density at radius 3 is 2.67 bits per heavy atom. The quantitative estimate of drug-likeness (QED) is 0.828. The van der Waals surface area contributed by atoms with E-state index in [0.717, 1.165) is 34.8 Å². The lowest BCUT2D eigenvalue weighted by Crippen LogP contribution is -2.30. The van der Waals surface area contributed by atoms with E-state index in [9.17, 15) is 4.79 Å². The van der Waals surface area contributed by atoms with Gasteiger partial charge in [0.05, 0.1) is 6.42 Å². The third-order valence-electron chi connectivity index (χ3n) is 4.37. The maximum Gasteiger partial charge on any atom is 0.228 e. The molecule has 1 aromatic carbocycles. The van der Waals surface area contributed by atoms with E-state index in [2.05, 4.69) is 44.4 Å². The standard InChI is InChI=1S/C17H25ClN2O/c1-5-6-19-17(11(4)10(2)3)13-7-12-8-16(21)20-15(12)9-14(13)18/h7,9-11,17,19H,5-6,8H2,1-4H3,(H,20,21). The zero-order valence-electron chi connectivity index (χ0n) is 13.3. The first-order chi connectivity index (χ1) is 9.93. The Labute approximate surface area is 132 Å². The Morgan fingerprint density at radius 1 is 1.33 bits per heavy atom. The fraction of sp³-hybridized carbons (Fsp3) is 0.588. The van der Waals surface area contributed by atoms with Gasteiger partial charge < -0.3 is 10.6 Å². The van der Waals surface area contributed by atoms with Crippen LogP contribution >= 0.6 is 11.6 Å². The van der Waals surface area contributed by atoms with Crippen molar-refractivity contribution in [2.24, 2.45) is 11.8 Å². The monoisotopic (exact) mass is 308 g/mol. The second kappa shape index (κ2) is 6.80. The van der Waals surface area contributed by atoms with Crippen LogP contribution < -0.4 is 10.6 Å². The van der Waals surface area contributed by atoms with Crippen molar-refractivity contribution in [3.63, 3.8) is 0 Å². The van der Waals surface area contributed by atoms with Gasteiger partial charge in [0.15, 0.2) is 0 Å². The predicted octanol–water partition coefficient (Wildman–Crippen LogP) is 4.17. The molecule has 1 aromatic rings. The van der Waals surface area contributed by atoms with Gasteiger partial charge in [-0.3, -0.25) is 4.79 Å². The van der Waals surface area contributed by atoms with Gasteiger partial charge in [0.2, 0.25) is 5.91 Å². The largest absolute Gasteiger partial charge is 0.325 e. The molecular formula is C17H25ClN2O. The van der Waals surface area contributed by atoms with Crippen molar-refractivity contribution in [2.45, 2.75) is 46.6 Å². The highest BCUT2D eigenvalue weighted by molar-refractivity contribution is 6.32. The highest BCUT2D eigenvalue weighted by Crippen LogP contribution is 2.37.